The van der Waals surface area contributed by atoms with E-state index < -0.39 is 5.41 Å². The Kier molecular flexibility index (Phi) is 20.0. The average molecular weight is 427 g/mol. The molecule has 0 radical (unpaired) electrons. The van der Waals surface area contributed by atoms with Gasteiger partial charge in [0.1, 0.15) is 6.61 Å². The first kappa shape index (κ1) is 29.4. The molecule has 0 spiro atoms. The molecule has 0 aliphatic heterocycles. The maximum atomic E-state index is 11.8. The Bertz CT molecular complexity index is 373. The fourth-order valence-electron chi connectivity index (χ4n) is 3.57. The van der Waals surface area contributed by atoms with Crippen molar-refractivity contribution in [3.8, 4) is 0 Å². The van der Waals surface area contributed by atoms with Crippen molar-refractivity contribution >= 4 is 5.97 Å². The van der Waals surface area contributed by atoms with Crippen molar-refractivity contribution in [2.24, 2.45) is 5.41 Å². The Balaban J connectivity index is 3.34. The quantitative estimate of drug-likeness (QED) is 0.136. The van der Waals surface area contributed by atoms with Crippen LogP contribution in [-0.4, -0.2) is 25.3 Å². The molecule has 1 atom stereocenters. The van der Waals surface area contributed by atoms with Gasteiger partial charge in [0.25, 0.3) is 0 Å². The lowest BCUT2D eigenvalue weighted by Gasteiger charge is -2.20. The molecule has 0 aromatic heterocycles. The number of rotatable bonds is 21. The monoisotopic (exact) mass is 426 g/mol. The maximum absolute atomic E-state index is 11.8. The number of carbonyl (C=O) groups excluding carboxylic acids is 1. The van der Waals surface area contributed by atoms with E-state index in [1.165, 1.54) is 96.3 Å². The minimum Gasteiger partial charge on any atom is -0.463 e. The maximum Gasteiger partial charge on any atom is 0.311 e. The molecule has 0 saturated carbocycles. The fraction of sp³-hybridized carbons (Fsp3) is 0.963. The Hall–Kier alpha value is -0.570. The van der Waals surface area contributed by atoms with Crippen LogP contribution in [-0.2, 0) is 14.3 Å². The van der Waals surface area contributed by atoms with Crippen LogP contribution in [0.4, 0.5) is 0 Å². The van der Waals surface area contributed by atoms with E-state index >= 15 is 0 Å². The third-order valence-electron chi connectivity index (χ3n) is 5.82. The highest BCUT2D eigenvalue weighted by atomic mass is 16.6. The second-order valence-corrected chi connectivity index (χ2v) is 10.1. The summed E-state index contributed by atoms with van der Waals surface area (Å²) >= 11 is 0. The second-order valence-electron chi connectivity index (χ2n) is 10.1. The highest BCUT2D eigenvalue weighted by Gasteiger charge is 2.24. The van der Waals surface area contributed by atoms with Crippen LogP contribution in [0.5, 0.6) is 0 Å². The molecule has 0 rings (SSSR count). The first-order chi connectivity index (χ1) is 14.4. The molecule has 0 aromatic rings. The first-order valence-electron chi connectivity index (χ1n) is 13.2. The minimum atomic E-state index is -0.438. The van der Waals surface area contributed by atoms with E-state index in [1.54, 1.807) is 0 Å². The number of hydrogen-bond acceptors (Lipinski definition) is 3. The summed E-state index contributed by atoms with van der Waals surface area (Å²) in [5, 5.41) is 0. The van der Waals surface area contributed by atoms with Crippen molar-refractivity contribution in [2.45, 2.75) is 150 Å². The van der Waals surface area contributed by atoms with Crippen molar-refractivity contribution in [3.05, 3.63) is 0 Å². The highest BCUT2D eigenvalue weighted by Crippen LogP contribution is 2.16. The lowest BCUT2D eigenvalue weighted by Crippen LogP contribution is -2.28. The molecule has 0 amide bonds. The van der Waals surface area contributed by atoms with Crippen molar-refractivity contribution in [2.75, 3.05) is 13.2 Å². The van der Waals surface area contributed by atoms with E-state index in [-0.39, 0.29) is 12.1 Å². The third-order valence-corrected chi connectivity index (χ3v) is 5.82. The SMILES string of the molecule is CCCCCCCCCCCCCCCCCCOC(CC)COC(=O)C(C)(C)C. The van der Waals surface area contributed by atoms with Crippen LogP contribution in [0.25, 0.3) is 0 Å². The van der Waals surface area contributed by atoms with Crippen LogP contribution >= 0.6 is 0 Å². The molecule has 30 heavy (non-hydrogen) atoms. The fourth-order valence-corrected chi connectivity index (χ4v) is 3.57. The molecule has 0 aliphatic rings. The number of carbonyl (C=O) groups is 1. The Morgan fingerprint density at radius 3 is 1.43 bits per heavy atom. The average Bonchev–Trinajstić information content (AvgIpc) is 2.71. The van der Waals surface area contributed by atoms with Gasteiger partial charge in [-0.1, -0.05) is 110 Å². The second kappa shape index (κ2) is 20.3. The molecule has 1 unspecified atom stereocenters. The largest absolute Gasteiger partial charge is 0.463 e. The van der Waals surface area contributed by atoms with E-state index in [0.717, 1.165) is 19.4 Å². The standard InChI is InChI=1S/C27H54O3/c1-6-8-9-10-11-12-13-14-15-16-17-18-19-20-21-22-23-29-25(7-2)24-30-26(28)27(3,4)5/h25H,6-24H2,1-5H3. The summed E-state index contributed by atoms with van der Waals surface area (Å²) in [6.45, 7) is 11.2. The van der Waals surface area contributed by atoms with E-state index in [4.69, 9.17) is 9.47 Å². The van der Waals surface area contributed by atoms with Crippen molar-refractivity contribution < 1.29 is 14.3 Å². The summed E-state index contributed by atoms with van der Waals surface area (Å²) in [5.41, 5.74) is -0.438. The van der Waals surface area contributed by atoms with Crippen molar-refractivity contribution in [1.29, 1.82) is 0 Å². The Morgan fingerprint density at radius 1 is 0.667 bits per heavy atom. The topological polar surface area (TPSA) is 35.5 Å². The summed E-state index contributed by atoms with van der Waals surface area (Å²) < 4.78 is 11.3. The molecule has 0 aliphatic carbocycles. The smallest absolute Gasteiger partial charge is 0.311 e. The molecule has 3 heteroatoms. The van der Waals surface area contributed by atoms with Gasteiger partial charge in [-0.25, -0.2) is 0 Å². The van der Waals surface area contributed by atoms with Crippen molar-refractivity contribution in [3.63, 3.8) is 0 Å². The first-order valence-corrected chi connectivity index (χ1v) is 13.2. The lowest BCUT2D eigenvalue weighted by atomic mass is 9.97. The summed E-state index contributed by atoms with van der Waals surface area (Å²) in [5.74, 6) is -0.146. The van der Waals surface area contributed by atoms with E-state index in [0.29, 0.717) is 6.61 Å². The van der Waals surface area contributed by atoms with Gasteiger partial charge in [-0.2, -0.15) is 0 Å². The third kappa shape index (κ3) is 19.4. The number of hydrogen-bond donors (Lipinski definition) is 0. The molecule has 0 N–H and O–H groups in total. The molecule has 0 heterocycles. The predicted octanol–water partition coefficient (Wildman–Crippen LogP) is 8.63. The number of ether oxygens (including phenoxy) is 2. The summed E-state index contributed by atoms with van der Waals surface area (Å²) in [4.78, 5) is 11.8. The van der Waals surface area contributed by atoms with Gasteiger partial charge in [0.2, 0.25) is 0 Å². The van der Waals surface area contributed by atoms with Crippen LogP contribution < -0.4 is 0 Å². The Morgan fingerprint density at radius 2 is 1.07 bits per heavy atom. The summed E-state index contributed by atoms with van der Waals surface area (Å²) in [7, 11) is 0. The Labute approximate surface area is 189 Å². The molecular weight excluding hydrogens is 372 g/mol. The zero-order chi connectivity index (χ0) is 22.5. The zero-order valence-corrected chi connectivity index (χ0v) is 21.2. The predicted molar refractivity (Wildman–Crippen MR) is 130 cm³/mol. The summed E-state index contributed by atoms with van der Waals surface area (Å²) in [6.07, 6.45) is 23.0. The van der Waals surface area contributed by atoms with Crippen molar-refractivity contribution in [1.82, 2.24) is 0 Å². The van der Waals surface area contributed by atoms with Crippen LogP contribution in [0, 0.1) is 5.41 Å². The molecule has 3 nitrogen and oxygen atoms in total. The van der Waals surface area contributed by atoms with Gasteiger partial charge in [0.15, 0.2) is 0 Å². The van der Waals surface area contributed by atoms with Gasteiger partial charge in [0.05, 0.1) is 11.5 Å². The van der Waals surface area contributed by atoms with Crippen LogP contribution in [0.1, 0.15) is 144 Å². The lowest BCUT2D eigenvalue weighted by molar-refractivity contribution is -0.157. The van der Waals surface area contributed by atoms with E-state index in [1.807, 2.05) is 20.8 Å². The van der Waals surface area contributed by atoms with Crippen LogP contribution in [0.15, 0.2) is 0 Å². The minimum absolute atomic E-state index is 0.0349. The molecular formula is C27H54O3. The number of esters is 1. The molecule has 180 valence electrons. The van der Waals surface area contributed by atoms with E-state index in [2.05, 4.69) is 13.8 Å². The molecule has 0 fully saturated rings. The van der Waals surface area contributed by atoms with E-state index in [9.17, 15) is 4.79 Å². The normalized spacial score (nSPS) is 12.8. The highest BCUT2D eigenvalue weighted by molar-refractivity contribution is 5.75. The van der Waals surface area contributed by atoms with Gasteiger partial charge in [-0.15, -0.1) is 0 Å². The van der Waals surface area contributed by atoms with Crippen LogP contribution in [0.3, 0.4) is 0 Å². The van der Waals surface area contributed by atoms with Gasteiger partial charge in [0, 0.05) is 6.61 Å². The van der Waals surface area contributed by atoms with Gasteiger partial charge in [-0.3, -0.25) is 4.79 Å². The number of unbranched alkanes of at least 4 members (excludes halogenated alkanes) is 15. The van der Waals surface area contributed by atoms with Gasteiger partial charge in [-0.05, 0) is 33.6 Å². The van der Waals surface area contributed by atoms with Gasteiger partial charge < -0.3 is 9.47 Å². The zero-order valence-electron chi connectivity index (χ0n) is 21.2. The summed E-state index contributed by atoms with van der Waals surface area (Å²) in [6, 6.07) is 0. The van der Waals surface area contributed by atoms with Gasteiger partial charge >= 0.3 is 5.97 Å². The molecule has 0 aromatic carbocycles. The molecule has 0 saturated heterocycles. The molecule has 0 bridgehead atoms. The van der Waals surface area contributed by atoms with Crippen LogP contribution in [0.2, 0.25) is 0 Å².